The number of aryl methyl sites for hydroxylation is 1. The molecule has 0 unspecified atom stereocenters. The monoisotopic (exact) mass is 353 g/mol. The first-order chi connectivity index (χ1) is 11.7. The van der Waals surface area contributed by atoms with E-state index in [-0.39, 0.29) is 5.95 Å². The lowest BCUT2D eigenvalue weighted by molar-refractivity contribution is -0.139. The summed E-state index contributed by atoms with van der Waals surface area (Å²) in [6, 6.07) is 7.77. The molecule has 0 aliphatic heterocycles. The molecular weight excluding hydrogens is 331 g/mol. The SMILES string of the molecule is CCCc1cccc(N(C)c2ncc(C(F)(F)F)c(OC(C)C)n2)c1. The highest BCUT2D eigenvalue weighted by Crippen LogP contribution is 2.36. The van der Waals surface area contributed by atoms with Gasteiger partial charge < -0.3 is 9.64 Å². The first kappa shape index (κ1) is 19.0. The van der Waals surface area contributed by atoms with E-state index < -0.39 is 23.7 Å². The Morgan fingerprint density at radius 1 is 1.24 bits per heavy atom. The van der Waals surface area contributed by atoms with Gasteiger partial charge in [0.05, 0.1) is 6.10 Å². The predicted molar refractivity (Wildman–Crippen MR) is 91.3 cm³/mol. The Morgan fingerprint density at radius 3 is 2.56 bits per heavy atom. The van der Waals surface area contributed by atoms with E-state index in [9.17, 15) is 13.2 Å². The number of aromatic nitrogens is 2. The maximum absolute atomic E-state index is 13.1. The van der Waals surface area contributed by atoms with E-state index in [1.807, 2.05) is 24.3 Å². The quantitative estimate of drug-likeness (QED) is 0.732. The molecule has 1 aromatic carbocycles. The minimum atomic E-state index is -4.57. The van der Waals surface area contributed by atoms with Crippen molar-refractivity contribution in [2.75, 3.05) is 11.9 Å². The molecule has 25 heavy (non-hydrogen) atoms. The van der Waals surface area contributed by atoms with Gasteiger partial charge in [0.1, 0.15) is 5.56 Å². The Bertz CT molecular complexity index is 717. The van der Waals surface area contributed by atoms with Crippen molar-refractivity contribution in [2.45, 2.75) is 45.9 Å². The average Bonchev–Trinajstić information content (AvgIpc) is 2.53. The van der Waals surface area contributed by atoms with Gasteiger partial charge in [-0.05, 0) is 38.0 Å². The third kappa shape index (κ3) is 4.84. The number of alkyl halides is 3. The van der Waals surface area contributed by atoms with Crippen molar-refractivity contribution in [3.8, 4) is 5.88 Å². The lowest BCUT2D eigenvalue weighted by Crippen LogP contribution is -2.19. The zero-order valence-electron chi connectivity index (χ0n) is 14.8. The molecule has 0 spiro atoms. The molecular formula is C18H22F3N3O. The topological polar surface area (TPSA) is 38.2 Å². The van der Waals surface area contributed by atoms with E-state index in [0.29, 0.717) is 0 Å². The molecule has 1 aromatic heterocycles. The molecule has 0 aliphatic carbocycles. The number of halogens is 3. The summed E-state index contributed by atoms with van der Waals surface area (Å²) in [6.45, 7) is 5.39. The second-order valence-electron chi connectivity index (χ2n) is 6.03. The Balaban J connectivity index is 2.39. The molecule has 0 radical (unpaired) electrons. The molecule has 0 fully saturated rings. The lowest BCUT2D eigenvalue weighted by Gasteiger charge is -2.21. The summed E-state index contributed by atoms with van der Waals surface area (Å²) in [4.78, 5) is 9.53. The molecule has 7 heteroatoms. The summed E-state index contributed by atoms with van der Waals surface area (Å²) < 4.78 is 44.6. The number of benzene rings is 1. The van der Waals surface area contributed by atoms with Crippen LogP contribution in [0.15, 0.2) is 30.5 Å². The molecule has 1 heterocycles. The number of rotatable bonds is 6. The maximum Gasteiger partial charge on any atom is 0.423 e. The molecule has 0 atom stereocenters. The summed E-state index contributed by atoms with van der Waals surface area (Å²) in [5.74, 6) is -0.304. The van der Waals surface area contributed by atoms with Gasteiger partial charge in [-0.15, -0.1) is 0 Å². The molecule has 2 rings (SSSR count). The van der Waals surface area contributed by atoms with E-state index in [2.05, 4.69) is 16.9 Å². The zero-order valence-corrected chi connectivity index (χ0v) is 14.8. The molecule has 0 saturated heterocycles. The first-order valence-corrected chi connectivity index (χ1v) is 8.16. The van der Waals surface area contributed by atoms with Crippen LogP contribution in [0.3, 0.4) is 0 Å². The minimum Gasteiger partial charge on any atom is -0.474 e. The standard InChI is InChI=1S/C18H22F3N3O/c1-5-7-13-8-6-9-14(10-13)24(4)17-22-11-15(18(19,20)21)16(23-17)25-12(2)3/h6,8-12H,5,7H2,1-4H3. The molecule has 0 amide bonds. The summed E-state index contributed by atoms with van der Waals surface area (Å²) in [6.07, 6.45) is -2.29. The fourth-order valence-corrected chi connectivity index (χ4v) is 2.35. The summed E-state index contributed by atoms with van der Waals surface area (Å²) in [5.41, 5.74) is 0.983. The van der Waals surface area contributed by atoms with Gasteiger partial charge in [0.15, 0.2) is 0 Å². The molecule has 0 saturated carbocycles. The van der Waals surface area contributed by atoms with E-state index in [4.69, 9.17) is 4.74 Å². The second-order valence-corrected chi connectivity index (χ2v) is 6.03. The maximum atomic E-state index is 13.1. The number of ether oxygens (including phenoxy) is 1. The lowest BCUT2D eigenvalue weighted by atomic mass is 10.1. The van der Waals surface area contributed by atoms with Crippen LogP contribution < -0.4 is 9.64 Å². The van der Waals surface area contributed by atoms with Gasteiger partial charge in [0.25, 0.3) is 0 Å². The summed E-state index contributed by atoms with van der Waals surface area (Å²) in [7, 11) is 1.72. The molecule has 2 aromatic rings. The van der Waals surface area contributed by atoms with Gasteiger partial charge in [-0.25, -0.2) is 4.98 Å². The van der Waals surface area contributed by atoms with Gasteiger partial charge in [-0.1, -0.05) is 25.5 Å². The van der Waals surface area contributed by atoms with Crippen LogP contribution >= 0.6 is 0 Å². The Kier molecular flexibility index (Phi) is 5.87. The Morgan fingerprint density at radius 2 is 1.96 bits per heavy atom. The van der Waals surface area contributed by atoms with Gasteiger partial charge >= 0.3 is 6.18 Å². The fraction of sp³-hybridized carbons (Fsp3) is 0.444. The van der Waals surface area contributed by atoms with Crippen molar-refractivity contribution in [3.63, 3.8) is 0 Å². The van der Waals surface area contributed by atoms with Crippen molar-refractivity contribution in [1.82, 2.24) is 9.97 Å². The highest BCUT2D eigenvalue weighted by molar-refractivity contribution is 5.58. The molecule has 0 bridgehead atoms. The van der Waals surface area contributed by atoms with Crippen molar-refractivity contribution in [1.29, 1.82) is 0 Å². The number of hydrogen-bond acceptors (Lipinski definition) is 4. The summed E-state index contributed by atoms with van der Waals surface area (Å²) >= 11 is 0. The Hall–Kier alpha value is -2.31. The smallest absolute Gasteiger partial charge is 0.423 e. The molecule has 0 aliphatic rings. The summed E-state index contributed by atoms with van der Waals surface area (Å²) in [5, 5.41) is 0. The fourth-order valence-electron chi connectivity index (χ4n) is 2.35. The van der Waals surface area contributed by atoms with Gasteiger partial charge in [0.2, 0.25) is 11.8 Å². The number of hydrogen-bond donors (Lipinski definition) is 0. The molecule has 0 N–H and O–H groups in total. The predicted octanol–water partition coefficient (Wildman–Crippen LogP) is 5.00. The highest BCUT2D eigenvalue weighted by Gasteiger charge is 2.36. The van der Waals surface area contributed by atoms with Crippen molar-refractivity contribution in [3.05, 3.63) is 41.6 Å². The third-order valence-electron chi connectivity index (χ3n) is 3.53. The largest absolute Gasteiger partial charge is 0.474 e. The first-order valence-electron chi connectivity index (χ1n) is 8.16. The van der Waals surface area contributed by atoms with Gasteiger partial charge in [0, 0.05) is 18.9 Å². The van der Waals surface area contributed by atoms with Crippen molar-refractivity contribution in [2.24, 2.45) is 0 Å². The third-order valence-corrected chi connectivity index (χ3v) is 3.53. The van der Waals surface area contributed by atoms with Crippen LogP contribution in [0, 0.1) is 0 Å². The van der Waals surface area contributed by atoms with Crippen LogP contribution in [0.25, 0.3) is 0 Å². The molecule has 136 valence electrons. The zero-order chi connectivity index (χ0) is 18.6. The Labute approximate surface area is 145 Å². The van der Waals surface area contributed by atoms with E-state index in [1.54, 1.807) is 25.8 Å². The van der Waals surface area contributed by atoms with Crippen LogP contribution in [-0.2, 0) is 12.6 Å². The molecule has 4 nitrogen and oxygen atoms in total. The van der Waals surface area contributed by atoms with Gasteiger partial charge in [-0.2, -0.15) is 18.2 Å². The number of nitrogens with zero attached hydrogens (tertiary/aromatic N) is 3. The van der Waals surface area contributed by atoms with E-state index in [0.717, 1.165) is 30.3 Å². The average molecular weight is 353 g/mol. The van der Waals surface area contributed by atoms with E-state index >= 15 is 0 Å². The van der Waals surface area contributed by atoms with Crippen molar-refractivity contribution >= 4 is 11.6 Å². The number of anilines is 2. The van der Waals surface area contributed by atoms with Crippen LogP contribution in [0.1, 0.15) is 38.3 Å². The van der Waals surface area contributed by atoms with E-state index in [1.165, 1.54) is 0 Å². The van der Waals surface area contributed by atoms with Crippen molar-refractivity contribution < 1.29 is 17.9 Å². The highest BCUT2D eigenvalue weighted by atomic mass is 19.4. The van der Waals surface area contributed by atoms with Crippen LogP contribution in [0.4, 0.5) is 24.8 Å². The van der Waals surface area contributed by atoms with Crippen LogP contribution in [0.2, 0.25) is 0 Å². The minimum absolute atomic E-state index is 0.150. The second kappa shape index (κ2) is 7.72. The van der Waals surface area contributed by atoms with Gasteiger partial charge in [-0.3, -0.25) is 0 Å². The van der Waals surface area contributed by atoms with Crippen LogP contribution in [-0.4, -0.2) is 23.1 Å². The van der Waals surface area contributed by atoms with Crippen LogP contribution in [0.5, 0.6) is 5.88 Å². The normalized spacial score (nSPS) is 11.7.